The largest absolute Gasteiger partial charge is 0.394 e. The van der Waals surface area contributed by atoms with Crippen molar-refractivity contribution in [3.05, 3.63) is 12.2 Å². The van der Waals surface area contributed by atoms with Crippen molar-refractivity contribution in [2.45, 2.75) is 98.7 Å². The fourth-order valence-corrected chi connectivity index (χ4v) is 6.57. The number of carbonyl (C=O) groups is 3. The van der Waals surface area contributed by atoms with Gasteiger partial charge in [0.25, 0.3) is 0 Å². The van der Waals surface area contributed by atoms with Gasteiger partial charge in [-0.1, -0.05) is 60.1 Å². The molecule has 0 radical (unpaired) electrons. The van der Waals surface area contributed by atoms with Crippen molar-refractivity contribution < 1.29 is 19.5 Å². The van der Waals surface area contributed by atoms with Gasteiger partial charge in [-0.3, -0.25) is 14.4 Å². The average Bonchev–Trinajstić information content (AvgIpc) is 3.01. The summed E-state index contributed by atoms with van der Waals surface area (Å²) in [5, 5.41) is 16.3. The maximum Gasteiger partial charge on any atom is 0.243 e. The van der Waals surface area contributed by atoms with E-state index in [-0.39, 0.29) is 41.6 Å². The second-order valence-corrected chi connectivity index (χ2v) is 12.8. The van der Waals surface area contributed by atoms with Crippen LogP contribution in [0.2, 0.25) is 0 Å². The van der Waals surface area contributed by atoms with Crippen molar-refractivity contribution in [3.8, 4) is 0 Å². The number of fused-ring (bicyclic) bond motifs is 1. The number of hydrogen-bond donors (Lipinski definition) is 3. The Morgan fingerprint density at radius 1 is 1.11 bits per heavy atom. The van der Waals surface area contributed by atoms with E-state index in [2.05, 4.69) is 38.3 Å². The Morgan fingerprint density at radius 3 is 2.23 bits per heavy atom. The minimum atomic E-state index is -0.756. The topological polar surface area (TPSA) is 98.7 Å². The van der Waals surface area contributed by atoms with Crippen LogP contribution in [0.5, 0.6) is 0 Å². The monoisotopic (exact) mass is 491 g/mol. The van der Waals surface area contributed by atoms with Crippen molar-refractivity contribution >= 4 is 17.7 Å². The number of rotatable bonds is 10. The average molecular weight is 492 g/mol. The molecule has 3 amide bonds. The lowest BCUT2D eigenvalue weighted by Gasteiger charge is -2.38. The molecular weight excluding hydrogens is 442 g/mol. The Balaban J connectivity index is 2.55. The Morgan fingerprint density at radius 2 is 1.74 bits per heavy atom. The van der Waals surface area contributed by atoms with E-state index in [1.165, 1.54) is 0 Å². The second-order valence-electron chi connectivity index (χ2n) is 12.8. The molecular formula is C28H49N3O4. The fraction of sp³-hybridized carbons (Fsp3) is 0.821. The van der Waals surface area contributed by atoms with Gasteiger partial charge in [-0.15, -0.1) is 0 Å². The van der Waals surface area contributed by atoms with E-state index in [0.29, 0.717) is 6.42 Å². The zero-order chi connectivity index (χ0) is 26.7. The van der Waals surface area contributed by atoms with Crippen LogP contribution in [0.3, 0.4) is 0 Å². The van der Waals surface area contributed by atoms with E-state index < -0.39 is 35.4 Å². The van der Waals surface area contributed by atoms with Crippen LogP contribution in [0.15, 0.2) is 12.2 Å². The first-order valence-corrected chi connectivity index (χ1v) is 13.3. The van der Waals surface area contributed by atoms with Crippen LogP contribution in [-0.4, -0.2) is 59.0 Å². The molecule has 0 aromatic rings. The number of hydrogen-bond acceptors (Lipinski definition) is 4. The molecule has 1 aliphatic heterocycles. The standard InChI is InChI=1S/C28H49N3O4/c1-10-11-18-12-13-20-22(21(18)24(33)29-9)26(35)31(19(15-32)14-17(2)3)23(20)25(34)30-28(7,8)16-27(4,5)6/h12-13,17-23,32H,10-11,14-16H2,1-9H3,(H,29,33)(H,30,34)/t18-,19-,20+,21-,22-,23+/m1/s1. The van der Waals surface area contributed by atoms with Crippen LogP contribution in [0.1, 0.15) is 81.1 Å². The number of amides is 3. The van der Waals surface area contributed by atoms with E-state index in [0.717, 1.165) is 19.3 Å². The molecule has 1 fully saturated rings. The molecule has 0 bridgehead atoms. The summed E-state index contributed by atoms with van der Waals surface area (Å²) < 4.78 is 0. The van der Waals surface area contributed by atoms with E-state index in [1.807, 2.05) is 39.8 Å². The van der Waals surface area contributed by atoms with Crippen molar-refractivity contribution in [1.29, 1.82) is 0 Å². The highest BCUT2D eigenvalue weighted by Gasteiger charge is 2.58. The normalized spacial score (nSPS) is 27.7. The van der Waals surface area contributed by atoms with Crippen LogP contribution in [0.25, 0.3) is 0 Å². The van der Waals surface area contributed by atoms with E-state index >= 15 is 0 Å². The van der Waals surface area contributed by atoms with Crippen molar-refractivity contribution in [3.63, 3.8) is 0 Å². The third kappa shape index (κ3) is 6.87. The molecule has 1 aliphatic carbocycles. The van der Waals surface area contributed by atoms with Gasteiger partial charge in [-0.05, 0) is 50.4 Å². The molecule has 0 unspecified atom stereocenters. The highest BCUT2D eigenvalue weighted by atomic mass is 16.3. The summed E-state index contributed by atoms with van der Waals surface area (Å²) in [6.45, 7) is 16.4. The molecule has 7 nitrogen and oxygen atoms in total. The summed E-state index contributed by atoms with van der Waals surface area (Å²) in [6, 6.07) is -1.23. The smallest absolute Gasteiger partial charge is 0.243 e. The summed E-state index contributed by atoms with van der Waals surface area (Å²) in [6.07, 6.45) is 7.09. The Labute approximate surface area is 212 Å². The summed E-state index contributed by atoms with van der Waals surface area (Å²) in [5.41, 5.74) is -0.462. The summed E-state index contributed by atoms with van der Waals surface area (Å²) >= 11 is 0. The molecule has 0 aromatic carbocycles. The molecule has 6 atom stereocenters. The molecule has 1 heterocycles. The number of nitrogens with zero attached hydrogens (tertiary/aromatic N) is 1. The number of aliphatic hydroxyl groups excluding tert-OH is 1. The van der Waals surface area contributed by atoms with Crippen molar-refractivity contribution in [2.75, 3.05) is 13.7 Å². The predicted molar refractivity (Wildman–Crippen MR) is 139 cm³/mol. The third-order valence-electron chi connectivity index (χ3n) is 7.27. The lowest BCUT2D eigenvalue weighted by atomic mass is 9.68. The van der Waals surface area contributed by atoms with Gasteiger partial charge in [0.2, 0.25) is 17.7 Å². The lowest BCUT2D eigenvalue weighted by molar-refractivity contribution is -0.144. The molecule has 0 spiro atoms. The lowest BCUT2D eigenvalue weighted by Crippen LogP contribution is -2.57. The van der Waals surface area contributed by atoms with Crippen LogP contribution in [-0.2, 0) is 14.4 Å². The van der Waals surface area contributed by atoms with Gasteiger partial charge in [-0.2, -0.15) is 0 Å². The third-order valence-corrected chi connectivity index (χ3v) is 7.27. The highest BCUT2D eigenvalue weighted by Crippen LogP contribution is 2.46. The van der Waals surface area contributed by atoms with E-state index in [9.17, 15) is 19.5 Å². The minimum Gasteiger partial charge on any atom is -0.394 e. The fourth-order valence-electron chi connectivity index (χ4n) is 6.57. The molecule has 3 N–H and O–H groups in total. The maximum absolute atomic E-state index is 14.0. The van der Waals surface area contributed by atoms with E-state index in [4.69, 9.17) is 0 Å². The molecule has 1 saturated heterocycles. The first kappa shape index (κ1) is 29.3. The number of carbonyl (C=O) groups excluding carboxylic acids is 3. The zero-order valence-electron chi connectivity index (χ0n) is 23.4. The maximum atomic E-state index is 14.0. The van der Waals surface area contributed by atoms with Gasteiger partial charge in [0.1, 0.15) is 6.04 Å². The molecule has 35 heavy (non-hydrogen) atoms. The van der Waals surface area contributed by atoms with Crippen LogP contribution < -0.4 is 10.6 Å². The zero-order valence-corrected chi connectivity index (χ0v) is 23.4. The van der Waals surface area contributed by atoms with Gasteiger partial charge in [0, 0.05) is 18.5 Å². The molecule has 0 saturated carbocycles. The van der Waals surface area contributed by atoms with Gasteiger partial charge >= 0.3 is 0 Å². The minimum absolute atomic E-state index is 0.0121. The summed E-state index contributed by atoms with van der Waals surface area (Å²) in [4.78, 5) is 42.6. The predicted octanol–water partition coefficient (Wildman–Crippen LogP) is 3.52. The first-order valence-electron chi connectivity index (χ1n) is 13.3. The van der Waals surface area contributed by atoms with Crippen LogP contribution in [0.4, 0.5) is 0 Å². The van der Waals surface area contributed by atoms with Gasteiger partial charge in [0.05, 0.1) is 24.5 Å². The van der Waals surface area contributed by atoms with Gasteiger partial charge in [-0.25, -0.2) is 0 Å². The summed E-state index contributed by atoms with van der Waals surface area (Å²) in [7, 11) is 1.60. The SMILES string of the molecule is CCC[C@@H]1C=C[C@H]2[C@@H](C(=O)N([C@@H](CO)CC(C)C)[C@@H]2C(=O)NC(C)(C)CC(C)(C)C)[C@@H]1C(=O)NC. The van der Waals surface area contributed by atoms with Crippen LogP contribution in [0, 0.1) is 35.0 Å². The van der Waals surface area contributed by atoms with E-state index in [1.54, 1.807) is 11.9 Å². The Kier molecular flexibility index (Phi) is 9.59. The molecule has 2 aliphatic rings. The van der Waals surface area contributed by atoms with Crippen molar-refractivity contribution in [2.24, 2.45) is 35.0 Å². The molecule has 7 heteroatoms. The van der Waals surface area contributed by atoms with Gasteiger partial charge in [0.15, 0.2) is 0 Å². The quantitative estimate of drug-likeness (QED) is 0.407. The number of allylic oxidation sites excluding steroid dienone is 1. The Hall–Kier alpha value is -1.89. The summed E-state index contributed by atoms with van der Waals surface area (Å²) in [5.74, 6) is -1.92. The van der Waals surface area contributed by atoms with Crippen molar-refractivity contribution in [1.82, 2.24) is 15.5 Å². The van der Waals surface area contributed by atoms with Gasteiger partial charge < -0.3 is 20.6 Å². The number of aliphatic hydroxyl groups is 1. The molecule has 2 rings (SSSR count). The Bertz CT molecular complexity index is 799. The number of nitrogens with one attached hydrogen (secondary N) is 2. The second kappa shape index (κ2) is 11.4. The highest BCUT2D eigenvalue weighted by molar-refractivity contribution is 5.97. The molecule has 0 aromatic heterocycles. The molecule has 200 valence electrons. The van der Waals surface area contributed by atoms with Crippen LogP contribution >= 0.6 is 0 Å². The first-order chi connectivity index (χ1) is 16.2. The number of likely N-dealkylation sites (tertiary alicyclic amines) is 1.